The van der Waals surface area contributed by atoms with Gasteiger partial charge in [-0.3, -0.25) is 9.78 Å². The van der Waals surface area contributed by atoms with Crippen LogP contribution < -0.4 is 4.74 Å². The molecule has 136 valence electrons. The Bertz CT molecular complexity index is 733. The Morgan fingerprint density at radius 3 is 2.88 bits per heavy atom. The number of nitrogens with zero attached hydrogens (tertiary/aromatic N) is 4. The van der Waals surface area contributed by atoms with E-state index < -0.39 is 0 Å². The summed E-state index contributed by atoms with van der Waals surface area (Å²) in [6.45, 7) is 2.76. The average molecular weight is 354 g/mol. The monoisotopic (exact) mass is 354 g/mol. The summed E-state index contributed by atoms with van der Waals surface area (Å²) >= 11 is 0. The van der Waals surface area contributed by atoms with E-state index in [1.165, 1.54) is 6.33 Å². The first-order valence-electron chi connectivity index (χ1n) is 8.94. The molecule has 4 rings (SSSR count). The molecule has 0 unspecified atom stereocenters. The van der Waals surface area contributed by atoms with Gasteiger partial charge in [-0.25, -0.2) is 9.97 Å². The van der Waals surface area contributed by atoms with Gasteiger partial charge in [0.15, 0.2) is 0 Å². The van der Waals surface area contributed by atoms with Crippen LogP contribution in [-0.2, 0) is 4.74 Å². The largest absolute Gasteiger partial charge is 0.489 e. The maximum absolute atomic E-state index is 12.5. The van der Waals surface area contributed by atoms with Crippen LogP contribution in [-0.4, -0.2) is 58.2 Å². The normalized spacial score (nSPS) is 21.7. The van der Waals surface area contributed by atoms with Gasteiger partial charge in [0.05, 0.1) is 18.9 Å². The number of likely N-dealkylation sites (tertiary alicyclic amines) is 1. The molecule has 2 aromatic rings. The van der Waals surface area contributed by atoms with Gasteiger partial charge in [0.2, 0.25) is 0 Å². The summed E-state index contributed by atoms with van der Waals surface area (Å²) in [5.74, 6) is 0.750. The zero-order chi connectivity index (χ0) is 17.8. The molecule has 0 aliphatic carbocycles. The van der Waals surface area contributed by atoms with Crippen molar-refractivity contribution in [3.8, 4) is 5.75 Å². The molecule has 2 aliphatic rings. The Morgan fingerprint density at radius 2 is 2.15 bits per heavy atom. The molecule has 0 N–H and O–H groups in total. The van der Waals surface area contributed by atoms with Crippen LogP contribution in [0.15, 0.2) is 43.1 Å². The lowest BCUT2D eigenvalue weighted by atomic mass is 9.76. The number of amides is 1. The molecular weight excluding hydrogens is 332 g/mol. The van der Waals surface area contributed by atoms with Crippen molar-refractivity contribution >= 4 is 5.91 Å². The molecule has 0 saturated carbocycles. The van der Waals surface area contributed by atoms with E-state index in [2.05, 4.69) is 15.0 Å². The molecule has 1 atom stereocenters. The lowest BCUT2D eigenvalue weighted by molar-refractivity contribution is 0.0424. The van der Waals surface area contributed by atoms with Gasteiger partial charge >= 0.3 is 0 Å². The van der Waals surface area contributed by atoms with Gasteiger partial charge < -0.3 is 14.4 Å². The van der Waals surface area contributed by atoms with E-state index >= 15 is 0 Å². The van der Waals surface area contributed by atoms with E-state index in [0.29, 0.717) is 12.3 Å². The number of carbonyl (C=O) groups excluding carboxylic acids is 1. The van der Waals surface area contributed by atoms with Crippen LogP contribution in [0.25, 0.3) is 0 Å². The van der Waals surface area contributed by atoms with Crippen LogP contribution in [0.2, 0.25) is 0 Å². The minimum Gasteiger partial charge on any atom is -0.489 e. The highest BCUT2D eigenvalue weighted by molar-refractivity contribution is 5.92. The Balaban J connectivity index is 1.28. The maximum Gasteiger partial charge on any atom is 0.272 e. The first kappa shape index (κ1) is 16.9. The molecule has 1 amide bonds. The number of carbonyl (C=O) groups is 1. The standard InChI is InChI=1S/C19H22N4O3/c24-18(17-3-7-21-14-22-17)23-8-4-19(5-9-23)10-16(26-13-19)12-25-15-2-1-6-20-11-15/h1-3,6-7,11,14,16H,4-5,8-10,12-13H2/t16-/m1/s1. The van der Waals surface area contributed by atoms with E-state index in [0.717, 1.165) is 44.7 Å². The Morgan fingerprint density at radius 1 is 1.27 bits per heavy atom. The molecule has 7 heteroatoms. The van der Waals surface area contributed by atoms with Gasteiger partial charge in [0.25, 0.3) is 5.91 Å². The second-order valence-corrected chi connectivity index (χ2v) is 7.02. The third-order valence-electron chi connectivity index (χ3n) is 5.27. The molecular formula is C19H22N4O3. The molecule has 7 nitrogen and oxygen atoms in total. The summed E-state index contributed by atoms with van der Waals surface area (Å²) in [5, 5.41) is 0. The summed E-state index contributed by atoms with van der Waals surface area (Å²) in [6, 6.07) is 5.42. The third-order valence-corrected chi connectivity index (χ3v) is 5.27. The number of hydrogen-bond donors (Lipinski definition) is 0. The molecule has 1 spiro atoms. The fourth-order valence-electron chi connectivity index (χ4n) is 3.74. The molecule has 26 heavy (non-hydrogen) atoms. The number of piperidine rings is 1. The van der Waals surface area contributed by atoms with Gasteiger partial charge in [0.1, 0.15) is 24.4 Å². The van der Waals surface area contributed by atoms with Crippen LogP contribution in [0.1, 0.15) is 29.8 Å². The van der Waals surface area contributed by atoms with Crippen LogP contribution in [0.3, 0.4) is 0 Å². The van der Waals surface area contributed by atoms with Crippen molar-refractivity contribution in [1.29, 1.82) is 0 Å². The van der Waals surface area contributed by atoms with Crippen molar-refractivity contribution in [2.45, 2.75) is 25.4 Å². The average Bonchev–Trinajstić information content (AvgIpc) is 3.10. The minimum atomic E-state index is -0.0161. The van der Waals surface area contributed by atoms with E-state index in [1.807, 2.05) is 17.0 Å². The molecule has 0 radical (unpaired) electrons. The summed E-state index contributed by atoms with van der Waals surface area (Å²) in [6.07, 6.45) is 9.43. The van der Waals surface area contributed by atoms with Gasteiger partial charge in [-0.15, -0.1) is 0 Å². The zero-order valence-electron chi connectivity index (χ0n) is 14.6. The van der Waals surface area contributed by atoms with E-state index in [9.17, 15) is 4.79 Å². The molecule has 2 aliphatic heterocycles. The van der Waals surface area contributed by atoms with Crippen LogP contribution in [0.5, 0.6) is 5.75 Å². The predicted molar refractivity (Wildman–Crippen MR) is 93.7 cm³/mol. The fourth-order valence-corrected chi connectivity index (χ4v) is 3.74. The molecule has 2 fully saturated rings. The van der Waals surface area contributed by atoms with E-state index in [4.69, 9.17) is 9.47 Å². The molecule has 0 aromatic carbocycles. The van der Waals surface area contributed by atoms with Crippen molar-refractivity contribution in [2.75, 3.05) is 26.3 Å². The molecule has 2 aromatic heterocycles. The lowest BCUT2D eigenvalue weighted by Crippen LogP contribution is -2.43. The first-order chi connectivity index (χ1) is 12.7. The highest BCUT2D eigenvalue weighted by Crippen LogP contribution is 2.42. The summed E-state index contributed by atoms with van der Waals surface area (Å²) < 4.78 is 11.8. The first-order valence-corrected chi connectivity index (χ1v) is 8.94. The SMILES string of the molecule is O=C(c1ccncn1)N1CCC2(CC1)CO[C@@H](COc1cccnc1)C2. The summed E-state index contributed by atoms with van der Waals surface area (Å²) in [4.78, 5) is 26.4. The van der Waals surface area contributed by atoms with Crippen molar-refractivity contribution in [1.82, 2.24) is 19.9 Å². The maximum atomic E-state index is 12.5. The fraction of sp³-hybridized carbons (Fsp3) is 0.474. The second kappa shape index (κ2) is 7.37. The number of hydrogen-bond acceptors (Lipinski definition) is 6. The van der Waals surface area contributed by atoms with Crippen LogP contribution >= 0.6 is 0 Å². The van der Waals surface area contributed by atoms with E-state index in [1.54, 1.807) is 24.7 Å². The number of rotatable bonds is 4. The van der Waals surface area contributed by atoms with Crippen LogP contribution in [0, 0.1) is 5.41 Å². The van der Waals surface area contributed by atoms with Crippen molar-refractivity contribution < 1.29 is 14.3 Å². The number of ether oxygens (including phenoxy) is 2. The topological polar surface area (TPSA) is 77.4 Å². The second-order valence-electron chi connectivity index (χ2n) is 7.02. The van der Waals surface area contributed by atoms with Crippen molar-refractivity contribution in [2.24, 2.45) is 5.41 Å². The van der Waals surface area contributed by atoms with Crippen molar-refractivity contribution in [3.05, 3.63) is 48.8 Å². The van der Waals surface area contributed by atoms with E-state index in [-0.39, 0.29) is 17.4 Å². The lowest BCUT2D eigenvalue weighted by Gasteiger charge is -2.38. The molecule has 0 bridgehead atoms. The van der Waals surface area contributed by atoms with Gasteiger partial charge in [0, 0.05) is 25.5 Å². The summed E-state index contributed by atoms with van der Waals surface area (Å²) in [5.41, 5.74) is 0.618. The third kappa shape index (κ3) is 3.67. The number of pyridine rings is 1. The molecule has 2 saturated heterocycles. The highest BCUT2D eigenvalue weighted by Gasteiger charge is 2.43. The van der Waals surface area contributed by atoms with Gasteiger partial charge in [-0.1, -0.05) is 0 Å². The molecule has 4 heterocycles. The van der Waals surface area contributed by atoms with Gasteiger partial charge in [-0.05, 0) is 42.9 Å². The smallest absolute Gasteiger partial charge is 0.272 e. The van der Waals surface area contributed by atoms with Gasteiger partial charge in [-0.2, -0.15) is 0 Å². The quantitative estimate of drug-likeness (QED) is 0.835. The van der Waals surface area contributed by atoms with Crippen LogP contribution in [0.4, 0.5) is 0 Å². The number of aromatic nitrogens is 3. The Hall–Kier alpha value is -2.54. The zero-order valence-corrected chi connectivity index (χ0v) is 14.6. The predicted octanol–water partition coefficient (Wildman–Crippen LogP) is 1.96. The Kier molecular flexibility index (Phi) is 4.79. The summed E-state index contributed by atoms with van der Waals surface area (Å²) in [7, 11) is 0. The Labute approximate surface area is 152 Å². The highest BCUT2D eigenvalue weighted by atomic mass is 16.5. The van der Waals surface area contributed by atoms with Crippen molar-refractivity contribution in [3.63, 3.8) is 0 Å². The minimum absolute atomic E-state index is 0.0161.